The summed E-state index contributed by atoms with van der Waals surface area (Å²) in [6.07, 6.45) is 0. The monoisotopic (exact) mass is 275 g/mol. The van der Waals surface area contributed by atoms with Gasteiger partial charge in [-0.3, -0.25) is 0 Å². The van der Waals surface area contributed by atoms with E-state index in [0.29, 0.717) is 17.3 Å². The van der Waals surface area contributed by atoms with E-state index in [-0.39, 0.29) is 5.75 Å². The predicted molar refractivity (Wildman–Crippen MR) is 77.5 cm³/mol. The average molecular weight is 275 g/mol. The third-order valence-electron chi connectivity index (χ3n) is 3.16. The lowest BCUT2D eigenvalue weighted by atomic mass is 10.0. The van der Waals surface area contributed by atoms with Gasteiger partial charge in [0.25, 0.3) is 0 Å². The standard InChI is InChI=1S/C15H18FN3O/c1-8(2)13-9(3)18-14(19-15(13)17-4)10-5-6-12(20)11(16)7-10/h5-8,20H,1-4H3,(H,17,18,19). The van der Waals surface area contributed by atoms with Crippen molar-refractivity contribution in [1.29, 1.82) is 0 Å². The zero-order valence-corrected chi connectivity index (χ0v) is 12.0. The number of nitrogens with zero attached hydrogens (tertiary/aromatic N) is 2. The molecule has 4 nitrogen and oxygen atoms in total. The third kappa shape index (κ3) is 2.57. The molecule has 20 heavy (non-hydrogen) atoms. The van der Waals surface area contributed by atoms with E-state index in [1.54, 1.807) is 13.1 Å². The topological polar surface area (TPSA) is 58.0 Å². The van der Waals surface area contributed by atoms with Crippen LogP contribution in [0.15, 0.2) is 18.2 Å². The van der Waals surface area contributed by atoms with Crippen molar-refractivity contribution in [3.05, 3.63) is 35.3 Å². The summed E-state index contributed by atoms with van der Waals surface area (Å²) >= 11 is 0. The Morgan fingerprint density at radius 3 is 2.50 bits per heavy atom. The number of benzene rings is 1. The van der Waals surface area contributed by atoms with Crippen LogP contribution in [0.25, 0.3) is 11.4 Å². The molecule has 2 aromatic rings. The largest absolute Gasteiger partial charge is 0.505 e. The summed E-state index contributed by atoms with van der Waals surface area (Å²) in [6.45, 7) is 6.07. The number of rotatable bonds is 3. The van der Waals surface area contributed by atoms with Crippen LogP contribution >= 0.6 is 0 Å². The van der Waals surface area contributed by atoms with Gasteiger partial charge >= 0.3 is 0 Å². The number of hydrogen-bond donors (Lipinski definition) is 2. The van der Waals surface area contributed by atoms with Crippen LogP contribution in [-0.2, 0) is 0 Å². The molecule has 1 aromatic heterocycles. The van der Waals surface area contributed by atoms with Crippen LogP contribution < -0.4 is 5.32 Å². The Balaban J connectivity index is 2.58. The molecule has 0 amide bonds. The van der Waals surface area contributed by atoms with Gasteiger partial charge in [-0.05, 0) is 31.0 Å². The molecule has 1 aromatic carbocycles. The van der Waals surface area contributed by atoms with Crippen LogP contribution in [0.4, 0.5) is 10.2 Å². The number of phenols is 1. The van der Waals surface area contributed by atoms with E-state index in [0.717, 1.165) is 17.1 Å². The molecular formula is C15H18FN3O. The number of aromatic hydroxyl groups is 1. The van der Waals surface area contributed by atoms with Gasteiger partial charge in [-0.25, -0.2) is 14.4 Å². The molecule has 1 heterocycles. The minimum Gasteiger partial charge on any atom is -0.505 e. The number of halogens is 1. The molecule has 5 heteroatoms. The van der Waals surface area contributed by atoms with Crippen molar-refractivity contribution >= 4 is 5.82 Å². The molecule has 2 rings (SSSR count). The molecule has 0 aliphatic carbocycles. The van der Waals surface area contributed by atoms with Gasteiger partial charge in [0.05, 0.1) is 0 Å². The normalized spacial score (nSPS) is 10.9. The Hall–Kier alpha value is -2.17. The van der Waals surface area contributed by atoms with Crippen molar-refractivity contribution in [2.24, 2.45) is 0 Å². The van der Waals surface area contributed by atoms with E-state index in [1.165, 1.54) is 12.1 Å². The summed E-state index contributed by atoms with van der Waals surface area (Å²) in [5.41, 5.74) is 2.45. The van der Waals surface area contributed by atoms with Gasteiger partial charge in [0.15, 0.2) is 17.4 Å². The molecule has 0 atom stereocenters. The number of aryl methyl sites for hydroxylation is 1. The van der Waals surface area contributed by atoms with Gasteiger partial charge in [0, 0.05) is 23.9 Å². The maximum absolute atomic E-state index is 13.4. The first-order valence-corrected chi connectivity index (χ1v) is 6.49. The molecule has 2 N–H and O–H groups in total. The van der Waals surface area contributed by atoms with Crippen molar-refractivity contribution < 1.29 is 9.50 Å². The minimum absolute atomic E-state index is 0.294. The SMILES string of the molecule is CNc1nc(-c2ccc(O)c(F)c2)nc(C)c1C(C)C. The van der Waals surface area contributed by atoms with Crippen LogP contribution in [-0.4, -0.2) is 22.1 Å². The fourth-order valence-electron chi connectivity index (χ4n) is 2.24. The smallest absolute Gasteiger partial charge is 0.165 e. The van der Waals surface area contributed by atoms with E-state index in [2.05, 4.69) is 29.1 Å². The van der Waals surface area contributed by atoms with Gasteiger partial charge in [0.1, 0.15) is 5.82 Å². The molecule has 0 spiro atoms. The quantitative estimate of drug-likeness (QED) is 0.900. The van der Waals surface area contributed by atoms with Crippen molar-refractivity contribution in [3.63, 3.8) is 0 Å². The Kier molecular flexibility index (Phi) is 3.88. The molecule has 0 saturated heterocycles. The molecule has 0 fully saturated rings. The zero-order chi connectivity index (χ0) is 14.9. The Morgan fingerprint density at radius 2 is 1.95 bits per heavy atom. The lowest BCUT2D eigenvalue weighted by Crippen LogP contribution is -2.07. The number of phenolic OH excluding ortho intramolecular Hbond substituents is 1. The fourth-order valence-corrected chi connectivity index (χ4v) is 2.24. The molecule has 0 aliphatic heterocycles. The molecule has 106 valence electrons. The van der Waals surface area contributed by atoms with Crippen LogP contribution in [0.3, 0.4) is 0 Å². The Morgan fingerprint density at radius 1 is 1.25 bits per heavy atom. The average Bonchev–Trinajstić information content (AvgIpc) is 2.40. The van der Waals surface area contributed by atoms with Gasteiger partial charge in [-0.15, -0.1) is 0 Å². The van der Waals surface area contributed by atoms with Gasteiger partial charge in [0.2, 0.25) is 0 Å². The van der Waals surface area contributed by atoms with Gasteiger partial charge in [-0.2, -0.15) is 0 Å². The first-order chi connectivity index (χ1) is 9.43. The van der Waals surface area contributed by atoms with Crippen LogP contribution in [0, 0.1) is 12.7 Å². The number of aromatic nitrogens is 2. The van der Waals surface area contributed by atoms with Crippen LogP contribution in [0.2, 0.25) is 0 Å². The first kappa shape index (κ1) is 14.2. The van der Waals surface area contributed by atoms with E-state index in [9.17, 15) is 9.50 Å². The maximum atomic E-state index is 13.4. The molecule has 0 radical (unpaired) electrons. The Labute approximate surface area is 117 Å². The molecule has 0 unspecified atom stereocenters. The van der Waals surface area contributed by atoms with Gasteiger partial charge in [-0.1, -0.05) is 13.8 Å². The summed E-state index contributed by atoms with van der Waals surface area (Å²) in [5, 5.41) is 12.3. The second-order valence-electron chi connectivity index (χ2n) is 4.97. The second kappa shape index (κ2) is 5.45. The number of anilines is 1. The molecule has 0 aliphatic rings. The number of nitrogens with one attached hydrogen (secondary N) is 1. The summed E-state index contributed by atoms with van der Waals surface area (Å²) in [5.74, 6) is 0.426. The molecular weight excluding hydrogens is 257 g/mol. The third-order valence-corrected chi connectivity index (χ3v) is 3.16. The van der Waals surface area contributed by atoms with Crippen LogP contribution in [0.5, 0.6) is 5.75 Å². The second-order valence-corrected chi connectivity index (χ2v) is 4.97. The molecule has 0 saturated carbocycles. The Bertz CT molecular complexity index is 641. The minimum atomic E-state index is -0.678. The highest BCUT2D eigenvalue weighted by atomic mass is 19.1. The van der Waals surface area contributed by atoms with E-state index in [4.69, 9.17) is 0 Å². The van der Waals surface area contributed by atoms with Crippen LogP contribution in [0.1, 0.15) is 31.0 Å². The zero-order valence-electron chi connectivity index (χ0n) is 12.0. The van der Waals surface area contributed by atoms with E-state index in [1.807, 2.05) is 6.92 Å². The van der Waals surface area contributed by atoms with Crippen molar-refractivity contribution in [2.75, 3.05) is 12.4 Å². The van der Waals surface area contributed by atoms with Crippen molar-refractivity contribution in [1.82, 2.24) is 9.97 Å². The summed E-state index contributed by atoms with van der Waals surface area (Å²) in [4.78, 5) is 8.89. The highest BCUT2D eigenvalue weighted by molar-refractivity contribution is 5.61. The highest BCUT2D eigenvalue weighted by Gasteiger charge is 2.15. The molecule has 0 bridgehead atoms. The van der Waals surface area contributed by atoms with Crippen molar-refractivity contribution in [3.8, 4) is 17.1 Å². The lowest BCUT2D eigenvalue weighted by Gasteiger charge is -2.15. The predicted octanol–water partition coefficient (Wildman–Crippen LogP) is 3.46. The summed E-state index contributed by atoms with van der Waals surface area (Å²) < 4.78 is 13.4. The van der Waals surface area contributed by atoms with Gasteiger partial charge < -0.3 is 10.4 Å². The van der Waals surface area contributed by atoms with Crippen molar-refractivity contribution in [2.45, 2.75) is 26.7 Å². The van der Waals surface area contributed by atoms with E-state index >= 15 is 0 Å². The highest BCUT2D eigenvalue weighted by Crippen LogP contribution is 2.29. The number of hydrogen-bond acceptors (Lipinski definition) is 4. The summed E-state index contributed by atoms with van der Waals surface area (Å²) in [7, 11) is 1.80. The lowest BCUT2D eigenvalue weighted by molar-refractivity contribution is 0.432. The first-order valence-electron chi connectivity index (χ1n) is 6.49. The fraction of sp³-hybridized carbons (Fsp3) is 0.333. The maximum Gasteiger partial charge on any atom is 0.165 e. The summed E-state index contributed by atoms with van der Waals surface area (Å²) in [6, 6.07) is 4.14. The van der Waals surface area contributed by atoms with E-state index < -0.39 is 5.82 Å².